The van der Waals surface area contributed by atoms with Crippen molar-refractivity contribution in [3.05, 3.63) is 93.3 Å². The summed E-state index contributed by atoms with van der Waals surface area (Å²) in [7, 11) is 1.46. The molecule has 36 heavy (non-hydrogen) atoms. The first-order valence-electron chi connectivity index (χ1n) is 11.0. The van der Waals surface area contributed by atoms with Gasteiger partial charge in [0.15, 0.2) is 11.5 Å². The van der Waals surface area contributed by atoms with Crippen molar-refractivity contribution in [1.82, 2.24) is 4.90 Å². The molecule has 3 aromatic carbocycles. The lowest BCUT2D eigenvalue weighted by Gasteiger charge is -2.14. The molecule has 2 amide bonds. The van der Waals surface area contributed by atoms with E-state index >= 15 is 0 Å². The van der Waals surface area contributed by atoms with Crippen molar-refractivity contribution < 1.29 is 28.6 Å². The van der Waals surface area contributed by atoms with Crippen molar-refractivity contribution in [3.63, 3.8) is 0 Å². The molecule has 3 aromatic rings. The molecule has 0 bridgehead atoms. The van der Waals surface area contributed by atoms with Gasteiger partial charge in [0.1, 0.15) is 12.4 Å². The Kier molecular flexibility index (Phi) is 7.97. The number of amides is 2. The van der Waals surface area contributed by atoms with Crippen molar-refractivity contribution in [1.29, 1.82) is 0 Å². The molecular weight excluding hydrogens is 502 g/mol. The lowest BCUT2D eigenvalue weighted by atomic mass is 10.1. The van der Waals surface area contributed by atoms with E-state index < -0.39 is 17.1 Å². The van der Waals surface area contributed by atoms with Crippen LogP contribution in [0.4, 0.5) is 4.79 Å². The van der Waals surface area contributed by atoms with E-state index in [1.165, 1.54) is 13.2 Å². The highest BCUT2D eigenvalue weighted by molar-refractivity contribution is 8.18. The van der Waals surface area contributed by atoms with Gasteiger partial charge in [-0.25, -0.2) is 4.79 Å². The molecular formula is C27H22ClNO6S. The van der Waals surface area contributed by atoms with Crippen molar-refractivity contribution in [3.8, 4) is 17.2 Å². The fraction of sp³-hybridized carbons (Fsp3) is 0.148. The van der Waals surface area contributed by atoms with Crippen LogP contribution in [0.25, 0.3) is 6.08 Å². The molecule has 0 atom stereocenters. The smallest absolute Gasteiger partial charge is 0.343 e. The van der Waals surface area contributed by atoms with E-state index in [0.717, 1.165) is 22.2 Å². The van der Waals surface area contributed by atoms with Gasteiger partial charge in [0.2, 0.25) is 0 Å². The highest BCUT2D eigenvalue weighted by Crippen LogP contribution is 2.37. The minimum atomic E-state index is -0.568. The zero-order valence-electron chi connectivity index (χ0n) is 19.5. The molecule has 0 N–H and O–H groups in total. The molecule has 7 nitrogen and oxygen atoms in total. The molecule has 0 saturated carbocycles. The van der Waals surface area contributed by atoms with E-state index in [2.05, 4.69) is 0 Å². The number of methoxy groups -OCH3 is 1. The Morgan fingerprint density at radius 3 is 2.44 bits per heavy atom. The molecule has 0 aliphatic carbocycles. The summed E-state index contributed by atoms with van der Waals surface area (Å²) in [6.45, 7) is 2.13. The predicted molar refractivity (Wildman–Crippen MR) is 139 cm³/mol. The number of carbonyl (C=O) groups excluding carboxylic acids is 3. The number of ether oxygens (including phenoxy) is 3. The standard InChI is InChI=1S/C27H22ClNO6S/c1-17-6-8-18(9-7-17)26(31)35-24-19(4-3-5-22(24)33-2)16-23-25(30)29(27(32)36-23)14-15-34-21-12-10-20(28)11-13-21/h3-13,16H,14-15H2,1-2H3/b23-16-. The van der Waals surface area contributed by atoms with E-state index in [4.69, 9.17) is 25.8 Å². The Hall–Kier alpha value is -3.75. The molecule has 1 heterocycles. The minimum Gasteiger partial charge on any atom is -0.493 e. The quantitative estimate of drug-likeness (QED) is 0.204. The van der Waals surface area contributed by atoms with Crippen LogP contribution < -0.4 is 14.2 Å². The van der Waals surface area contributed by atoms with Gasteiger partial charge >= 0.3 is 5.97 Å². The number of hydrogen-bond acceptors (Lipinski definition) is 7. The van der Waals surface area contributed by atoms with Crippen LogP contribution in [-0.2, 0) is 4.79 Å². The molecule has 0 spiro atoms. The number of rotatable bonds is 8. The summed E-state index contributed by atoms with van der Waals surface area (Å²) in [5, 5.41) is 0.173. The van der Waals surface area contributed by atoms with Crippen LogP contribution in [0.5, 0.6) is 17.2 Å². The van der Waals surface area contributed by atoms with Gasteiger partial charge in [-0.3, -0.25) is 14.5 Å². The fourth-order valence-electron chi connectivity index (χ4n) is 3.38. The Labute approximate surface area is 217 Å². The second-order valence-electron chi connectivity index (χ2n) is 7.77. The van der Waals surface area contributed by atoms with Crippen molar-refractivity contribution in [2.24, 2.45) is 0 Å². The van der Waals surface area contributed by atoms with Crippen LogP contribution in [0.3, 0.4) is 0 Å². The summed E-state index contributed by atoms with van der Waals surface area (Å²) in [6.07, 6.45) is 1.52. The van der Waals surface area contributed by atoms with Crippen LogP contribution in [0.15, 0.2) is 71.6 Å². The van der Waals surface area contributed by atoms with Gasteiger partial charge in [-0.05, 0) is 67.2 Å². The first kappa shape index (κ1) is 25.3. The lowest BCUT2D eigenvalue weighted by Crippen LogP contribution is -2.32. The van der Waals surface area contributed by atoms with Gasteiger partial charge < -0.3 is 14.2 Å². The Balaban J connectivity index is 1.50. The molecule has 1 fully saturated rings. The first-order chi connectivity index (χ1) is 17.4. The predicted octanol–water partition coefficient (Wildman–Crippen LogP) is 5.99. The zero-order valence-corrected chi connectivity index (χ0v) is 21.1. The number of esters is 1. The van der Waals surface area contributed by atoms with Crippen molar-refractivity contribution in [2.75, 3.05) is 20.3 Å². The highest BCUT2D eigenvalue weighted by Gasteiger charge is 2.35. The summed E-state index contributed by atoms with van der Waals surface area (Å²) in [5.74, 6) is 0.0338. The van der Waals surface area contributed by atoms with Gasteiger partial charge in [0, 0.05) is 10.6 Å². The normalized spacial score (nSPS) is 14.3. The van der Waals surface area contributed by atoms with Crippen LogP contribution in [0.2, 0.25) is 5.02 Å². The van der Waals surface area contributed by atoms with Crippen molar-refractivity contribution in [2.45, 2.75) is 6.92 Å². The number of halogens is 1. The zero-order chi connectivity index (χ0) is 25.7. The molecule has 0 radical (unpaired) electrons. The second kappa shape index (κ2) is 11.3. The van der Waals surface area contributed by atoms with E-state index in [1.54, 1.807) is 54.6 Å². The van der Waals surface area contributed by atoms with Crippen molar-refractivity contribution >= 4 is 46.6 Å². The molecule has 184 valence electrons. The Morgan fingerprint density at radius 2 is 1.75 bits per heavy atom. The maximum absolute atomic E-state index is 13.0. The molecule has 4 rings (SSSR count). The number of hydrogen-bond donors (Lipinski definition) is 0. The molecule has 1 saturated heterocycles. The van der Waals surface area contributed by atoms with Gasteiger partial charge in [-0.2, -0.15) is 0 Å². The van der Waals surface area contributed by atoms with Gasteiger partial charge in [0.25, 0.3) is 11.1 Å². The van der Waals surface area contributed by atoms with Crippen LogP contribution >= 0.6 is 23.4 Å². The summed E-state index contributed by atoms with van der Waals surface area (Å²) in [5.41, 5.74) is 1.81. The third kappa shape index (κ3) is 5.90. The number of nitrogens with zero attached hydrogens (tertiary/aromatic N) is 1. The number of para-hydroxylation sites is 1. The number of imide groups is 1. The second-order valence-corrected chi connectivity index (χ2v) is 9.20. The third-order valence-corrected chi connectivity index (χ3v) is 6.43. The summed E-state index contributed by atoms with van der Waals surface area (Å²) in [4.78, 5) is 39.5. The first-order valence-corrected chi connectivity index (χ1v) is 12.1. The third-order valence-electron chi connectivity index (χ3n) is 5.27. The maximum atomic E-state index is 13.0. The highest BCUT2D eigenvalue weighted by atomic mass is 35.5. The Bertz CT molecular complexity index is 1320. The van der Waals surface area contributed by atoms with E-state index in [-0.39, 0.29) is 23.8 Å². The summed E-state index contributed by atoms with van der Waals surface area (Å²) in [6, 6.07) is 18.8. The number of aryl methyl sites for hydroxylation is 1. The average Bonchev–Trinajstić information content (AvgIpc) is 3.13. The lowest BCUT2D eigenvalue weighted by molar-refractivity contribution is -0.123. The largest absolute Gasteiger partial charge is 0.493 e. The Morgan fingerprint density at radius 1 is 1.03 bits per heavy atom. The molecule has 1 aliphatic heterocycles. The minimum absolute atomic E-state index is 0.0814. The fourth-order valence-corrected chi connectivity index (χ4v) is 4.36. The van der Waals surface area contributed by atoms with E-state index in [0.29, 0.717) is 27.6 Å². The van der Waals surface area contributed by atoms with Crippen LogP contribution in [0, 0.1) is 6.92 Å². The monoisotopic (exact) mass is 523 g/mol. The topological polar surface area (TPSA) is 82.1 Å². The molecule has 0 aromatic heterocycles. The van der Waals surface area contributed by atoms with Gasteiger partial charge in [-0.1, -0.05) is 41.4 Å². The number of benzene rings is 3. The summed E-state index contributed by atoms with van der Waals surface area (Å²) >= 11 is 6.68. The van der Waals surface area contributed by atoms with Gasteiger partial charge in [0.05, 0.1) is 24.1 Å². The molecule has 0 unspecified atom stereocenters. The van der Waals surface area contributed by atoms with Crippen LogP contribution in [0.1, 0.15) is 21.5 Å². The average molecular weight is 524 g/mol. The van der Waals surface area contributed by atoms with E-state index in [1.807, 2.05) is 19.1 Å². The maximum Gasteiger partial charge on any atom is 0.343 e. The SMILES string of the molecule is COc1cccc(/C=C2\SC(=O)N(CCOc3ccc(Cl)cc3)C2=O)c1OC(=O)c1ccc(C)cc1. The molecule has 9 heteroatoms. The van der Waals surface area contributed by atoms with E-state index in [9.17, 15) is 14.4 Å². The number of thioether (sulfide) groups is 1. The molecule has 1 aliphatic rings. The van der Waals surface area contributed by atoms with Gasteiger partial charge in [-0.15, -0.1) is 0 Å². The number of carbonyl (C=O) groups is 3. The summed E-state index contributed by atoms with van der Waals surface area (Å²) < 4.78 is 16.6. The van der Waals surface area contributed by atoms with Crippen LogP contribution in [-0.4, -0.2) is 42.3 Å².